The molecule has 0 amide bonds. The third-order valence-electron chi connectivity index (χ3n) is 3.27. The van der Waals surface area contributed by atoms with E-state index in [2.05, 4.69) is 40.2 Å². The van der Waals surface area contributed by atoms with Crippen LogP contribution >= 0.6 is 0 Å². The fourth-order valence-corrected chi connectivity index (χ4v) is 1.99. The lowest BCUT2D eigenvalue weighted by atomic mass is 10.2. The fourth-order valence-electron chi connectivity index (χ4n) is 1.99. The third-order valence-corrected chi connectivity index (χ3v) is 3.27. The maximum Gasteiger partial charge on any atom is 0.0606 e. The Kier molecular flexibility index (Phi) is 4.47. The van der Waals surface area contributed by atoms with Crippen LogP contribution in [0.3, 0.4) is 0 Å². The molecule has 0 bridgehead atoms. The Morgan fingerprint density at radius 3 is 2.53 bits per heavy atom. The molecule has 1 heterocycles. The maximum absolute atomic E-state index is 8.91. The standard InChI is InChI=1S/C15H21N3O/c1-17-9-3-4-15(17)12-16-13-5-7-14(8-6-13)18(2)10-11-19/h3-9,16,19H,10-12H2,1-2H3. The van der Waals surface area contributed by atoms with Crippen LogP contribution in [0.15, 0.2) is 42.6 Å². The number of aliphatic hydroxyl groups is 1. The molecule has 0 unspecified atom stereocenters. The van der Waals surface area contributed by atoms with Gasteiger partial charge >= 0.3 is 0 Å². The molecule has 1 aromatic heterocycles. The molecule has 2 aromatic rings. The van der Waals surface area contributed by atoms with Gasteiger partial charge in [0, 0.05) is 43.9 Å². The average Bonchev–Trinajstić information content (AvgIpc) is 2.83. The van der Waals surface area contributed by atoms with E-state index in [9.17, 15) is 0 Å². The minimum absolute atomic E-state index is 0.171. The van der Waals surface area contributed by atoms with Crippen LogP contribution in [0.5, 0.6) is 0 Å². The van der Waals surface area contributed by atoms with E-state index in [0.29, 0.717) is 6.54 Å². The quantitative estimate of drug-likeness (QED) is 0.834. The zero-order chi connectivity index (χ0) is 13.7. The first-order valence-corrected chi connectivity index (χ1v) is 6.47. The van der Waals surface area contributed by atoms with Gasteiger partial charge in [0.1, 0.15) is 0 Å². The van der Waals surface area contributed by atoms with Crippen LogP contribution in [-0.4, -0.2) is 29.9 Å². The van der Waals surface area contributed by atoms with Crippen molar-refractivity contribution in [3.63, 3.8) is 0 Å². The van der Waals surface area contributed by atoms with Crippen molar-refractivity contribution >= 4 is 11.4 Å². The summed E-state index contributed by atoms with van der Waals surface area (Å²) in [5.74, 6) is 0. The van der Waals surface area contributed by atoms with E-state index >= 15 is 0 Å². The smallest absolute Gasteiger partial charge is 0.0606 e. The predicted molar refractivity (Wildman–Crippen MR) is 79.5 cm³/mol. The number of hydrogen-bond donors (Lipinski definition) is 2. The summed E-state index contributed by atoms with van der Waals surface area (Å²) in [4.78, 5) is 2.03. The molecule has 0 spiro atoms. The summed E-state index contributed by atoms with van der Waals surface area (Å²) in [5, 5.41) is 12.3. The molecule has 2 rings (SSSR count). The van der Waals surface area contributed by atoms with Crippen molar-refractivity contribution in [1.29, 1.82) is 0 Å². The lowest BCUT2D eigenvalue weighted by molar-refractivity contribution is 0.304. The van der Waals surface area contributed by atoms with Crippen molar-refractivity contribution in [2.45, 2.75) is 6.54 Å². The van der Waals surface area contributed by atoms with Crippen molar-refractivity contribution in [2.24, 2.45) is 7.05 Å². The van der Waals surface area contributed by atoms with E-state index < -0.39 is 0 Å². The summed E-state index contributed by atoms with van der Waals surface area (Å²) in [6.07, 6.45) is 2.05. The number of hydrogen-bond acceptors (Lipinski definition) is 3. The third kappa shape index (κ3) is 3.51. The number of rotatable bonds is 6. The number of likely N-dealkylation sites (N-methyl/N-ethyl adjacent to an activating group) is 1. The Balaban J connectivity index is 1.93. The van der Waals surface area contributed by atoms with Crippen molar-refractivity contribution < 1.29 is 5.11 Å². The van der Waals surface area contributed by atoms with Crippen LogP contribution in [-0.2, 0) is 13.6 Å². The van der Waals surface area contributed by atoms with Gasteiger partial charge < -0.3 is 19.9 Å². The van der Waals surface area contributed by atoms with Gasteiger partial charge in [0.25, 0.3) is 0 Å². The SMILES string of the molecule is CN(CCO)c1ccc(NCc2cccn2C)cc1. The van der Waals surface area contributed by atoms with E-state index in [4.69, 9.17) is 5.11 Å². The highest BCUT2D eigenvalue weighted by Crippen LogP contribution is 2.17. The lowest BCUT2D eigenvalue weighted by Crippen LogP contribution is -2.20. The second-order valence-electron chi connectivity index (χ2n) is 4.66. The number of aromatic nitrogens is 1. The van der Waals surface area contributed by atoms with Crippen LogP contribution in [0.1, 0.15) is 5.69 Å². The van der Waals surface area contributed by atoms with Crippen molar-refractivity contribution in [3.8, 4) is 0 Å². The van der Waals surface area contributed by atoms with Gasteiger partial charge in [-0.05, 0) is 36.4 Å². The highest BCUT2D eigenvalue weighted by atomic mass is 16.3. The first kappa shape index (κ1) is 13.5. The van der Waals surface area contributed by atoms with Gasteiger partial charge in [0.05, 0.1) is 13.2 Å². The molecule has 1 aromatic carbocycles. The largest absolute Gasteiger partial charge is 0.395 e. The van der Waals surface area contributed by atoms with E-state index in [1.165, 1.54) is 5.69 Å². The molecule has 0 aliphatic heterocycles. The Morgan fingerprint density at radius 2 is 1.95 bits per heavy atom. The fraction of sp³-hybridized carbons (Fsp3) is 0.333. The molecule has 0 aliphatic rings. The molecular formula is C15H21N3O. The Hall–Kier alpha value is -1.94. The Bertz CT molecular complexity index is 504. The van der Waals surface area contributed by atoms with Crippen LogP contribution in [0.25, 0.3) is 0 Å². The summed E-state index contributed by atoms with van der Waals surface area (Å²) in [6.45, 7) is 1.63. The molecule has 4 nitrogen and oxygen atoms in total. The number of aryl methyl sites for hydroxylation is 1. The van der Waals surface area contributed by atoms with Crippen LogP contribution in [0.2, 0.25) is 0 Å². The van der Waals surface area contributed by atoms with Crippen molar-refractivity contribution in [1.82, 2.24) is 4.57 Å². The molecule has 0 fully saturated rings. The molecule has 102 valence electrons. The summed E-state index contributed by atoms with van der Waals surface area (Å²) in [5.41, 5.74) is 3.46. The molecule has 2 N–H and O–H groups in total. The Labute approximate surface area is 114 Å². The van der Waals surface area contributed by atoms with Gasteiger partial charge in [-0.2, -0.15) is 0 Å². The minimum atomic E-state index is 0.171. The molecule has 19 heavy (non-hydrogen) atoms. The van der Waals surface area contributed by atoms with Crippen molar-refractivity contribution in [2.75, 3.05) is 30.4 Å². The van der Waals surface area contributed by atoms with Crippen LogP contribution in [0.4, 0.5) is 11.4 Å². The van der Waals surface area contributed by atoms with Crippen molar-refractivity contribution in [3.05, 3.63) is 48.3 Å². The summed E-state index contributed by atoms with van der Waals surface area (Å²) in [6, 6.07) is 12.4. The molecule has 0 saturated carbocycles. The molecular weight excluding hydrogens is 238 g/mol. The average molecular weight is 259 g/mol. The monoisotopic (exact) mass is 259 g/mol. The molecule has 0 radical (unpaired) electrons. The zero-order valence-electron chi connectivity index (χ0n) is 11.5. The summed E-state index contributed by atoms with van der Waals surface area (Å²) >= 11 is 0. The lowest BCUT2D eigenvalue weighted by Gasteiger charge is -2.18. The number of nitrogens with zero attached hydrogens (tertiary/aromatic N) is 2. The predicted octanol–water partition coefficient (Wildman–Crippen LogP) is 2.07. The van der Waals surface area contributed by atoms with Gasteiger partial charge in [-0.1, -0.05) is 0 Å². The number of nitrogens with one attached hydrogen (secondary N) is 1. The zero-order valence-corrected chi connectivity index (χ0v) is 11.5. The van der Waals surface area contributed by atoms with Crippen LogP contribution in [0, 0.1) is 0 Å². The highest BCUT2D eigenvalue weighted by Gasteiger charge is 2.01. The van der Waals surface area contributed by atoms with E-state index in [1.54, 1.807) is 0 Å². The molecule has 0 saturated heterocycles. The number of aliphatic hydroxyl groups excluding tert-OH is 1. The maximum atomic E-state index is 8.91. The summed E-state index contributed by atoms with van der Waals surface area (Å²) < 4.78 is 2.11. The van der Waals surface area contributed by atoms with Crippen LogP contribution < -0.4 is 10.2 Å². The number of benzene rings is 1. The van der Waals surface area contributed by atoms with E-state index in [-0.39, 0.29) is 6.61 Å². The Morgan fingerprint density at radius 1 is 1.21 bits per heavy atom. The first-order chi connectivity index (χ1) is 9.20. The highest BCUT2D eigenvalue weighted by molar-refractivity contribution is 5.54. The normalized spacial score (nSPS) is 10.5. The first-order valence-electron chi connectivity index (χ1n) is 6.47. The van der Waals surface area contributed by atoms with Gasteiger partial charge in [0.2, 0.25) is 0 Å². The second kappa shape index (κ2) is 6.29. The van der Waals surface area contributed by atoms with Gasteiger partial charge in [-0.3, -0.25) is 0 Å². The van der Waals surface area contributed by atoms with Gasteiger partial charge in [-0.25, -0.2) is 0 Å². The van der Waals surface area contributed by atoms with E-state index in [1.807, 2.05) is 31.3 Å². The molecule has 0 aliphatic carbocycles. The van der Waals surface area contributed by atoms with Gasteiger partial charge in [0.15, 0.2) is 0 Å². The topological polar surface area (TPSA) is 40.4 Å². The molecule has 0 atom stereocenters. The minimum Gasteiger partial charge on any atom is -0.395 e. The van der Waals surface area contributed by atoms with E-state index in [0.717, 1.165) is 17.9 Å². The van der Waals surface area contributed by atoms with Gasteiger partial charge in [-0.15, -0.1) is 0 Å². The molecule has 4 heteroatoms. The summed E-state index contributed by atoms with van der Waals surface area (Å²) in [7, 11) is 4.02. The second-order valence-corrected chi connectivity index (χ2v) is 4.66. The number of anilines is 2.